The van der Waals surface area contributed by atoms with E-state index in [1.54, 1.807) is 6.92 Å². The van der Waals surface area contributed by atoms with Crippen molar-refractivity contribution >= 4 is 11.9 Å². The van der Waals surface area contributed by atoms with E-state index in [4.69, 9.17) is 5.11 Å². The summed E-state index contributed by atoms with van der Waals surface area (Å²) in [6.07, 6.45) is -0.0693. The molecule has 4 nitrogen and oxygen atoms in total. The van der Waals surface area contributed by atoms with E-state index in [0.717, 1.165) is 0 Å². The number of esters is 2. The van der Waals surface area contributed by atoms with Gasteiger partial charge in [0.25, 0.3) is 0 Å². The summed E-state index contributed by atoms with van der Waals surface area (Å²) in [4.78, 5) is 21.5. The Kier molecular flexibility index (Phi) is 5.28. The Balaban J connectivity index is 3.76. The molecule has 4 heteroatoms. The van der Waals surface area contributed by atoms with E-state index in [1.165, 1.54) is 0 Å². The van der Waals surface area contributed by atoms with Crippen LogP contribution in [0.5, 0.6) is 0 Å². The Morgan fingerprint density at radius 3 is 2.42 bits per heavy atom. The van der Waals surface area contributed by atoms with E-state index in [-0.39, 0.29) is 12.8 Å². The standard InChI is InChI=1S/C8H14O4/c1-3-5-7(10)12-8(11)6(9)4-2/h6,9H,3-5H2,1-2H3. The Labute approximate surface area is 71.5 Å². The summed E-state index contributed by atoms with van der Waals surface area (Å²) < 4.78 is 4.32. The van der Waals surface area contributed by atoms with Crippen molar-refractivity contribution in [3.8, 4) is 0 Å². The lowest BCUT2D eigenvalue weighted by Crippen LogP contribution is -2.24. The molecule has 0 aliphatic heterocycles. The van der Waals surface area contributed by atoms with Gasteiger partial charge in [0, 0.05) is 6.42 Å². The second kappa shape index (κ2) is 5.71. The first-order chi connectivity index (χ1) is 5.61. The highest BCUT2D eigenvalue weighted by Crippen LogP contribution is 1.97. The molecule has 1 atom stereocenters. The van der Waals surface area contributed by atoms with Gasteiger partial charge in [0.2, 0.25) is 0 Å². The molecule has 0 aromatic heterocycles. The number of aliphatic hydroxyl groups excluding tert-OH is 1. The second-order valence-corrected chi connectivity index (χ2v) is 2.47. The molecule has 0 bridgehead atoms. The average Bonchev–Trinajstić information content (AvgIpc) is 2.03. The van der Waals surface area contributed by atoms with Crippen molar-refractivity contribution in [2.45, 2.75) is 39.2 Å². The van der Waals surface area contributed by atoms with Gasteiger partial charge >= 0.3 is 11.9 Å². The van der Waals surface area contributed by atoms with Crippen LogP contribution in [0.25, 0.3) is 0 Å². The molecule has 1 unspecified atom stereocenters. The van der Waals surface area contributed by atoms with E-state index in [1.807, 2.05) is 6.92 Å². The van der Waals surface area contributed by atoms with Crippen molar-refractivity contribution in [2.24, 2.45) is 0 Å². The molecule has 0 fully saturated rings. The van der Waals surface area contributed by atoms with Gasteiger partial charge < -0.3 is 9.84 Å². The Bertz CT molecular complexity index is 164. The summed E-state index contributed by atoms with van der Waals surface area (Å²) in [5, 5.41) is 8.92. The van der Waals surface area contributed by atoms with Gasteiger partial charge in [0.15, 0.2) is 6.10 Å². The van der Waals surface area contributed by atoms with Crippen LogP contribution in [0.15, 0.2) is 0 Å². The summed E-state index contributed by atoms with van der Waals surface area (Å²) in [6, 6.07) is 0. The van der Waals surface area contributed by atoms with Gasteiger partial charge in [-0.1, -0.05) is 13.8 Å². The maximum atomic E-state index is 10.8. The number of ether oxygens (including phenoxy) is 1. The van der Waals surface area contributed by atoms with Crippen molar-refractivity contribution in [1.82, 2.24) is 0 Å². The van der Waals surface area contributed by atoms with Crippen LogP contribution in [-0.2, 0) is 14.3 Å². The maximum Gasteiger partial charge on any atom is 0.342 e. The molecule has 0 rings (SSSR count). The number of carbonyl (C=O) groups is 2. The molecular formula is C8H14O4. The predicted molar refractivity (Wildman–Crippen MR) is 42.3 cm³/mol. The summed E-state index contributed by atoms with van der Waals surface area (Å²) >= 11 is 0. The molecule has 70 valence electrons. The van der Waals surface area contributed by atoms with E-state index in [2.05, 4.69) is 4.74 Å². The monoisotopic (exact) mass is 174 g/mol. The van der Waals surface area contributed by atoms with Crippen molar-refractivity contribution in [3.05, 3.63) is 0 Å². The van der Waals surface area contributed by atoms with E-state index in [9.17, 15) is 9.59 Å². The minimum Gasteiger partial charge on any atom is -0.391 e. The molecule has 0 amide bonds. The zero-order valence-corrected chi connectivity index (χ0v) is 7.37. The molecule has 0 aliphatic carbocycles. The SMILES string of the molecule is CCCC(=O)OC(=O)C(O)CC. The molecule has 12 heavy (non-hydrogen) atoms. The third-order valence-corrected chi connectivity index (χ3v) is 1.33. The molecule has 0 aliphatic rings. The number of hydrogen-bond acceptors (Lipinski definition) is 4. The van der Waals surface area contributed by atoms with Crippen molar-refractivity contribution in [1.29, 1.82) is 0 Å². The smallest absolute Gasteiger partial charge is 0.342 e. The topological polar surface area (TPSA) is 63.6 Å². The molecule has 1 N–H and O–H groups in total. The van der Waals surface area contributed by atoms with Crippen LogP contribution in [0.4, 0.5) is 0 Å². The van der Waals surface area contributed by atoms with Crippen molar-refractivity contribution in [2.75, 3.05) is 0 Å². The Hall–Kier alpha value is -0.900. The van der Waals surface area contributed by atoms with Crippen LogP contribution in [0.2, 0.25) is 0 Å². The lowest BCUT2D eigenvalue weighted by molar-refractivity contribution is -0.165. The van der Waals surface area contributed by atoms with Gasteiger partial charge in [-0.3, -0.25) is 4.79 Å². The first kappa shape index (κ1) is 11.1. The van der Waals surface area contributed by atoms with Gasteiger partial charge in [0.05, 0.1) is 0 Å². The van der Waals surface area contributed by atoms with Crippen LogP contribution < -0.4 is 0 Å². The van der Waals surface area contributed by atoms with Crippen LogP contribution in [-0.4, -0.2) is 23.1 Å². The molecular weight excluding hydrogens is 160 g/mol. The van der Waals surface area contributed by atoms with Gasteiger partial charge in [-0.2, -0.15) is 0 Å². The lowest BCUT2D eigenvalue weighted by Gasteiger charge is -2.05. The molecule has 0 saturated heterocycles. The first-order valence-corrected chi connectivity index (χ1v) is 4.04. The summed E-state index contributed by atoms with van der Waals surface area (Å²) in [5.74, 6) is -1.43. The van der Waals surface area contributed by atoms with Crippen molar-refractivity contribution in [3.63, 3.8) is 0 Å². The highest BCUT2D eigenvalue weighted by molar-refractivity contribution is 5.87. The largest absolute Gasteiger partial charge is 0.391 e. The van der Waals surface area contributed by atoms with E-state index < -0.39 is 18.0 Å². The summed E-state index contributed by atoms with van der Waals surface area (Å²) in [7, 11) is 0. The van der Waals surface area contributed by atoms with Crippen LogP contribution in [0, 0.1) is 0 Å². The van der Waals surface area contributed by atoms with Crippen molar-refractivity contribution < 1.29 is 19.4 Å². The normalized spacial score (nSPS) is 12.2. The van der Waals surface area contributed by atoms with Gasteiger partial charge in [0.1, 0.15) is 0 Å². The fraction of sp³-hybridized carbons (Fsp3) is 0.750. The molecule has 0 spiro atoms. The predicted octanol–water partition coefficient (Wildman–Crippen LogP) is 0.627. The average molecular weight is 174 g/mol. The lowest BCUT2D eigenvalue weighted by atomic mass is 10.3. The summed E-state index contributed by atoms with van der Waals surface area (Å²) in [5.41, 5.74) is 0. The number of aliphatic hydroxyl groups is 1. The Morgan fingerprint density at radius 2 is 2.00 bits per heavy atom. The zero-order valence-electron chi connectivity index (χ0n) is 7.37. The Morgan fingerprint density at radius 1 is 1.42 bits per heavy atom. The minimum absolute atomic E-state index is 0.210. The van der Waals surface area contributed by atoms with Gasteiger partial charge in [-0.05, 0) is 12.8 Å². The minimum atomic E-state index is -1.18. The van der Waals surface area contributed by atoms with Crippen LogP contribution in [0.1, 0.15) is 33.1 Å². The molecule has 0 saturated carbocycles. The van der Waals surface area contributed by atoms with Crippen LogP contribution >= 0.6 is 0 Å². The quantitative estimate of drug-likeness (QED) is 0.501. The summed E-state index contributed by atoms with van der Waals surface area (Å²) in [6.45, 7) is 3.44. The van der Waals surface area contributed by atoms with Gasteiger partial charge in [-0.15, -0.1) is 0 Å². The fourth-order valence-electron chi connectivity index (χ4n) is 0.602. The third-order valence-electron chi connectivity index (χ3n) is 1.33. The molecule has 0 radical (unpaired) electrons. The third kappa shape index (κ3) is 4.08. The molecule has 0 heterocycles. The molecule has 0 aromatic carbocycles. The van der Waals surface area contributed by atoms with Crippen LogP contribution in [0.3, 0.4) is 0 Å². The highest BCUT2D eigenvalue weighted by atomic mass is 16.6. The first-order valence-electron chi connectivity index (χ1n) is 4.04. The zero-order chi connectivity index (χ0) is 9.56. The number of rotatable bonds is 4. The maximum absolute atomic E-state index is 10.8. The fourth-order valence-corrected chi connectivity index (χ4v) is 0.602. The number of hydrogen-bond donors (Lipinski definition) is 1. The van der Waals surface area contributed by atoms with E-state index in [0.29, 0.717) is 6.42 Å². The van der Waals surface area contributed by atoms with E-state index >= 15 is 0 Å². The highest BCUT2D eigenvalue weighted by Gasteiger charge is 2.17. The van der Waals surface area contributed by atoms with Gasteiger partial charge in [-0.25, -0.2) is 4.79 Å². The molecule has 0 aromatic rings. The number of carbonyl (C=O) groups excluding carboxylic acids is 2. The second-order valence-electron chi connectivity index (χ2n) is 2.47.